The maximum atomic E-state index is 12.9. The molecule has 0 saturated carbocycles. The Balaban J connectivity index is 2.13. The lowest BCUT2D eigenvalue weighted by molar-refractivity contribution is -0.138. The van der Waals surface area contributed by atoms with Gasteiger partial charge in [0.25, 0.3) is 0 Å². The molecule has 0 aliphatic carbocycles. The first kappa shape index (κ1) is 22.0. The van der Waals surface area contributed by atoms with Crippen LogP contribution in [-0.2, 0) is 33.5 Å². The molecule has 1 amide bonds. The van der Waals surface area contributed by atoms with Crippen LogP contribution in [0.1, 0.15) is 23.2 Å². The molecule has 28 heavy (non-hydrogen) atoms. The van der Waals surface area contributed by atoms with Crippen LogP contribution >= 0.6 is 0 Å². The van der Waals surface area contributed by atoms with Crippen LogP contribution in [0.15, 0.2) is 42.6 Å². The molecule has 0 spiro atoms. The number of carbonyl (C=O) groups excluding carboxylic acids is 1. The summed E-state index contributed by atoms with van der Waals surface area (Å²) in [5.41, 5.74) is 0.705. The van der Waals surface area contributed by atoms with Gasteiger partial charge in [-0.3, -0.25) is 4.79 Å². The number of alkyl halides is 3. The third-order valence-electron chi connectivity index (χ3n) is 4.28. The topological polar surface area (TPSA) is 43.7 Å². The number of hydrogen-bond acceptors (Lipinski definition) is 3. The Morgan fingerprint density at radius 2 is 1.93 bits per heavy atom. The molecule has 5 nitrogen and oxygen atoms in total. The Morgan fingerprint density at radius 1 is 1.14 bits per heavy atom. The molecule has 0 fully saturated rings. The Morgan fingerprint density at radius 3 is 2.61 bits per heavy atom. The zero-order valence-electron chi connectivity index (χ0n) is 16.0. The molecule has 1 heterocycles. The fraction of sp³-hybridized carbons (Fsp3) is 0.450. The standard InChI is InChI=1S/C20H25F3N2O3/c1-27-11-5-10-25(19(26)15-28-2)14-18-8-4-9-24(18)13-16-6-3-7-17(12-16)20(21,22)23/h3-4,6-9,12H,5,10-11,13-15H2,1-2H3. The molecule has 0 aliphatic heterocycles. The number of aromatic nitrogens is 1. The molecule has 0 unspecified atom stereocenters. The molecule has 2 aromatic rings. The highest BCUT2D eigenvalue weighted by Crippen LogP contribution is 2.29. The molecule has 2 rings (SSSR count). The Kier molecular flexibility index (Phi) is 8.07. The quantitative estimate of drug-likeness (QED) is 0.575. The van der Waals surface area contributed by atoms with Gasteiger partial charge in [0.05, 0.1) is 12.1 Å². The highest BCUT2D eigenvalue weighted by atomic mass is 19.4. The van der Waals surface area contributed by atoms with Crippen molar-refractivity contribution in [1.29, 1.82) is 0 Å². The summed E-state index contributed by atoms with van der Waals surface area (Å²) in [7, 11) is 3.06. The molecule has 0 radical (unpaired) electrons. The summed E-state index contributed by atoms with van der Waals surface area (Å²) < 4.78 is 50.6. The summed E-state index contributed by atoms with van der Waals surface area (Å²) in [5, 5.41) is 0. The van der Waals surface area contributed by atoms with Gasteiger partial charge in [0.15, 0.2) is 0 Å². The van der Waals surface area contributed by atoms with Gasteiger partial charge < -0.3 is 18.9 Å². The van der Waals surface area contributed by atoms with Crippen LogP contribution in [0.3, 0.4) is 0 Å². The number of halogens is 3. The minimum atomic E-state index is -4.37. The molecule has 0 atom stereocenters. The van der Waals surface area contributed by atoms with Crippen molar-refractivity contribution >= 4 is 5.91 Å². The van der Waals surface area contributed by atoms with Crippen molar-refractivity contribution in [1.82, 2.24) is 9.47 Å². The summed E-state index contributed by atoms with van der Waals surface area (Å²) in [4.78, 5) is 14.0. The zero-order chi connectivity index (χ0) is 20.6. The van der Waals surface area contributed by atoms with Crippen LogP contribution in [0, 0.1) is 0 Å². The van der Waals surface area contributed by atoms with Gasteiger partial charge in [-0.05, 0) is 36.2 Å². The van der Waals surface area contributed by atoms with Gasteiger partial charge in [0.1, 0.15) is 6.61 Å². The van der Waals surface area contributed by atoms with Gasteiger partial charge in [-0.2, -0.15) is 13.2 Å². The summed E-state index contributed by atoms with van der Waals surface area (Å²) >= 11 is 0. The van der Waals surface area contributed by atoms with Crippen molar-refractivity contribution in [2.75, 3.05) is 34.0 Å². The minimum absolute atomic E-state index is 0.0265. The number of hydrogen-bond donors (Lipinski definition) is 0. The number of ether oxygens (including phenoxy) is 2. The van der Waals surface area contributed by atoms with Crippen LogP contribution in [0.25, 0.3) is 0 Å². The van der Waals surface area contributed by atoms with E-state index in [9.17, 15) is 18.0 Å². The Labute approximate surface area is 162 Å². The van der Waals surface area contributed by atoms with Gasteiger partial charge in [0.2, 0.25) is 5.91 Å². The van der Waals surface area contributed by atoms with Crippen LogP contribution < -0.4 is 0 Å². The van der Waals surface area contributed by atoms with Crippen LogP contribution in [0.5, 0.6) is 0 Å². The molecule has 0 N–H and O–H groups in total. The average molecular weight is 398 g/mol. The molecular formula is C20H25F3N2O3. The van der Waals surface area contributed by atoms with Crippen LogP contribution in [0.2, 0.25) is 0 Å². The summed E-state index contributed by atoms with van der Waals surface area (Å²) in [6.07, 6.45) is -1.90. The van der Waals surface area contributed by atoms with Gasteiger partial charge in [-0.25, -0.2) is 0 Å². The van der Waals surface area contributed by atoms with Crippen LogP contribution in [-0.4, -0.2) is 49.4 Å². The van der Waals surface area contributed by atoms with E-state index in [-0.39, 0.29) is 19.1 Å². The largest absolute Gasteiger partial charge is 0.416 e. The number of nitrogens with zero attached hydrogens (tertiary/aromatic N) is 2. The second-order valence-electron chi connectivity index (χ2n) is 6.42. The lowest BCUT2D eigenvalue weighted by Gasteiger charge is -2.23. The second kappa shape index (κ2) is 10.3. The van der Waals surface area contributed by atoms with Crippen LogP contribution in [0.4, 0.5) is 13.2 Å². The first-order valence-electron chi connectivity index (χ1n) is 8.91. The van der Waals surface area contributed by atoms with E-state index in [1.807, 2.05) is 16.7 Å². The van der Waals surface area contributed by atoms with E-state index >= 15 is 0 Å². The summed E-state index contributed by atoms with van der Waals surface area (Å²) in [6.45, 7) is 1.64. The highest BCUT2D eigenvalue weighted by molar-refractivity contribution is 5.77. The maximum Gasteiger partial charge on any atom is 0.416 e. The van der Waals surface area contributed by atoms with Gasteiger partial charge in [-0.1, -0.05) is 12.1 Å². The first-order valence-corrected chi connectivity index (χ1v) is 8.91. The predicted octanol–water partition coefficient (Wildman–Crippen LogP) is 3.57. The smallest absolute Gasteiger partial charge is 0.385 e. The molecule has 1 aromatic carbocycles. The number of amides is 1. The molecule has 0 bridgehead atoms. The molecule has 8 heteroatoms. The second-order valence-corrected chi connectivity index (χ2v) is 6.42. The summed E-state index contributed by atoms with van der Waals surface area (Å²) in [6, 6.07) is 8.94. The molecule has 0 aliphatic rings. The van der Waals surface area contributed by atoms with E-state index in [1.165, 1.54) is 13.2 Å². The average Bonchev–Trinajstić information content (AvgIpc) is 3.07. The highest BCUT2D eigenvalue weighted by Gasteiger charge is 2.30. The normalized spacial score (nSPS) is 11.6. The van der Waals surface area contributed by atoms with Crippen molar-refractivity contribution in [3.8, 4) is 0 Å². The van der Waals surface area contributed by atoms with E-state index < -0.39 is 11.7 Å². The molecule has 0 saturated heterocycles. The first-order chi connectivity index (χ1) is 13.3. The lowest BCUT2D eigenvalue weighted by atomic mass is 10.1. The van der Waals surface area contributed by atoms with Crippen molar-refractivity contribution in [2.24, 2.45) is 0 Å². The Hall–Kier alpha value is -2.32. The fourth-order valence-electron chi connectivity index (χ4n) is 2.89. The van der Waals surface area contributed by atoms with E-state index in [2.05, 4.69) is 0 Å². The van der Waals surface area contributed by atoms with E-state index in [0.29, 0.717) is 31.7 Å². The lowest BCUT2D eigenvalue weighted by Crippen LogP contribution is -2.35. The monoisotopic (exact) mass is 398 g/mol. The Bertz CT molecular complexity index is 759. The zero-order valence-corrected chi connectivity index (χ0v) is 16.0. The number of benzene rings is 1. The SMILES string of the molecule is COCCCN(Cc1cccn1Cc1cccc(C(F)(F)F)c1)C(=O)COC. The fourth-order valence-corrected chi connectivity index (χ4v) is 2.89. The number of carbonyl (C=O) groups is 1. The van der Waals surface area contributed by atoms with E-state index in [1.54, 1.807) is 24.3 Å². The molecule has 1 aromatic heterocycles. The third kappa shape index (κ3) is 6.38. The van der Waals surface area contributed by atoms with E-state index in [4.69, 9.17) is 9.47 Å². The predicted molar refractivity (Wildman–Crippen MR) is 98.8 cm³/mol. The number of methoxy groups -OCH3 is 2. The van der Waals surface area contributed by atoms with E-state index in [0.717, 1.165) is 17.8 Å². The van der Waals surface area contributed by atoms with Crippen molar-refractivity contribution in [3.05, 3.63) is 59.4 Å². The summed E-state index contributed by atoms with van der Waals surface area (Å²) in [5.74, 6) is -0.148. The van der Waals surface area contributed by atoms with Crippen molar-refractivity contribution in [2.45, 2.75) is 25.7 Å². The van der Waals surface area contributed by atoms with Gasteiger partial charge >= 0.3 is 6.18 Å². The minimum Gasteiger partial charge on any atom is -0.385 e. The van der Waals surface area contributed by atoms with Gasteiger partial charge in [0, 0.05) is 45.8 Å². The molecule has 154 valence electrons. The maximum absolute atomic E-state index is 12.9. The number of rotatable bonds is 10. The molecular weight excluding hydrogens is 373 g/mol. The van der Waals surface area contributed by atoms with Gasteiger partial charge in [-0.15, -0.1) is 0 Å². The van der Waals surface area contributed by atoms with Crippen molar-refractivity contribution in [3.63, 3.8) is 0 Å². The third-order valence-corrected chi connectivity index (χ3v) is 4.28. The van der Waals surface area contributed by atoms with Crippen molar-refractivity contribution < 1.29 is 27.4 Å².